The minimum Gasteiger partial charge on any atom is -0.323 e. The third-order valence-electron chi connectivity index (χ3n) is 3.00. The number of hydrogen-bond donors (Lipinski definition) is 1. The van der Waals surface area contributed by atoms with Crippen molar-refractivity contribution in [2.24, 2.45) is 11.7 Å². The summed E-state index contributed by atoms with van der Waals surface area (Å²) in [6.07, 6.45) is 1.82. The van der Waals surface area contributed by atoms with E-state index in [4.69, 9.17) is 5.73 Å². The smallest absolute Gasteiger partial charge is 0.138 e. The summed E-state index contributed by atoms with van der Waals surface area (Å²) in [6.45, 7) is 4.88. The Morgan fingerprint density at radius 3 is 2.70 bits per heavy atom. The molecule has 2 N–H and O–H groups in total. The fourth-order valence-corrected chi connectivity index (χ4v) is 2.05. The predicted octanol–water partition coefficient (Wildman–Crippen LogP) is 2.45. The van der Waals surface area contributed by atoms with Crippen LogP contribution in [0.2, 0.25) is 0 Å². The van der Waals surface area contributed by atoms with E-state index in [1.807, 2.05) is 0 Å². The Morgan fingerprint density at radius 2 is 2.05 bits per heavy atom. The fraction of sp³-hybridized carbons (Fsp3) is 0.429. The van der Waals surface area contributed by atoms with Crippen LogP contribution in [-0.2, 0) is 13.0 Å². The van der Waals surface area contributed by atoms with Crippen LogP contribution in [0.4, 0.5) is 8.78 Å². The minimum atomic E-state index is -0.632. The van der Waals surface area contributed by atoms with Gasteiger partial charge in [-0.25, -0.2) is 18.4 Å². The average molecular weight is 280 g/mol. The molecule has 4 nitrogen and oxygen atoms in total. The van der Waals surface area contributed by atoms with Crippen LogP contribution in [0.25, 0.3) is 0 Å². The van der Waals surface area contributed by atoms with E-state index in [1.54, 1.807) is 4.68 Å². The Kier molecular flexibility index (Phi) is 4.44. The first-order valence-corrected chi connectivity index (χ1v) is 6.54. The first kappa shape index (κ1) is 14.6. The molecule has 6 heteroatoms. The van der Waals surface area contributed by atoms with Crippen LogP contribution in [0.1, 0.15) is 31.3 Å². The van der Waals surface area contributed by atoms with Crippen molar-refractivity contribution in [3.8, 4) is 0 Å². The van der Waals surface area contributed by atoms with Crippen molar-refractivity contribution >= 4 is 0 Å². The number of aromatic nitrogens is 3. The molecule has 1 heterocycles. The number of rotatable bonds is 5. The quantitative estimate of drug-likeness (QED) is 0.915. The van der Waals surface area contributed by atoms with E-state index in [1.165, 1.54) is 18.5 Å². The Hall–Kier alpha value is -1.82. The van der Waals surface area contributed by atoms with Crippen LogP contribution in [0.3, 0.4) is 0 Å². The van der Waals surface area contributed by atoms with Crippen molar-refractivity contribution < 1.29 is 8.78 Å². The van der Waals surface area contributed by atoms with E-state index in [0.29, 0.717) is 18.2 Å². The lowest BCUT2D eigenvalue weighted by Gasteiger charge is -2.14. The van der Waals surface area contributed by atoms with E-state index in [9.17, 15) is 8.78 Å². The third-order valence-corrected chi connectivity index (χ3v) is 3.00. The summed E-state index contributed by atoms with van der Waals surface area (Å²) in [5.74, 6) is -0.113. The summed E-state index contributed by atoms with van der Waals surface area (Å²) in [4.78, 5) is 4.16. The van der Waals surface area contributed by atoms with Gasteiger partial charge in [0.15, 0.2) is 0 Å². The van der Waals surface area contributed by atoms with Crippen molar-refractivity contribution in [2.75, 3.05) is 0 Å². The number of halogens is 2. The minimum absolute atomic E-state index is 0.283. The van der Waals surface area contributed by atoms with Crippen molar-refractivity contribution in [1.82, 2.24) is 14.8 Å². The monoisotopic (exact) mass is 280 g/mol. The maximum atomic E-state index is 13.7. The van der Waals surface area contributed by atoms with Gasteiger partial charge in [-0.15, -0.1) is 0 Å². The normalized spacial score (nSPS) is 12.9. The molecule has 1 unspecified atom stereocenters. The SMILES string of the molecule is CC(C)Cn1ncnc1CC(N)c1ccc(F)cc1F. The summed E-state index contributed by atoms with van der Waals surface area (Å²) >= 11 is 0. The molecule has 0 saturated carbocycles. The molecule has 0 spiro atoms. The van der Waals surface area contributed by atoms with Gasteiger partial charge in [0.1, 0.15) is 23.8 Å². The molecule has 1 aromatic heterocycles. The molecule has 0 radical (unpaired) electrons. The van der Waals surface area contributed by atoms with E-state index >= 15 is 0 Å². The van der Waals surface area contributed by atoms with Crippen molar-refractivity contribution in [2.45, 2.75) is 32.9 Å². The second-order valence-electron chi connectivity index (χ2n) is 5.23. The Labute approximate surface area is 116 Å². The molecule has 1 aromatic carbocycles. The molecule has 0 aliphatic heterocycles. The maximum Gasteiger partial charge on any atom is 0.138 e. The van der Waals surface area contributed by atoms with E-state index in [2.05, 4.69) is 23.9 Å². The Balaban J connectivity index is 2.15. The van der Waals surface area contributed by atoms with Gasteiger partial charge in [-0.05, 0) is 12.0 Å². The van der Waals surface area contributed by atoms with Gasteiger partial charge < -0.3 is 5.73 Å². The molecule has 0 saturated heterocycles. The zero-order valence-corrected chi connectivity index (χ0v) is 11.6. The van der Waals surface area contributed by atoms with E-state index in [0.717, 1.165) is 12.6 Å². The highest BCUT2D eigenvalue weighted by Gasteiger charge is 2.16. The first-order chi connectivity index (χ1) is 9.47. The number of nitrogens with zero attached hydrogens (tertiary/aromatic N) is 3. The second-order valence-corrected chi connectivity index (χ2v) is 5.23. The van der Waals surface area contributed by atoms with Gasteiger partial charge in [0.2, 0.25) is 0 Å². The molecule has 0 aliphatic rings. The van der Waals surface area contributed by atoms with Crippen LogP contribution < -0.4 is 5.73 Å². The molecular weight excluding hydrogens is 262 g/mol. The molecule has 0 amide bonds. The molecule has 20 heavy (non-hydrogen) atoms. The zero-order valence-electron chi connectivity index (χ0n) is 11.6. The first-order valence-electron chi connectivity index (χ1n) is 6.54. The highest BCUT2D eigenvalue weighted by atomic mass is 19.1. The Bertz CT molecular complexity index is 580. The average Bonchev–Trinajstić information content (AvgIpc) is 2.75. The number of benzene rings is 1. The van der Waals surface area contributed by atoms with E-state index < -0.39 is 17.7 Å². The summed E-state index contributed by atoms with van der Waals surface area (Å²) in [6, 6.07) is 2.84. The molecule has 1 atom stereocenters. The highest BCUT2D eigenvalue weighted by molar-refractivity contribution is 5.22. The molecule has 2 aromatic rings. The van der Waals surface area contributed by atoms with Gasteiger partial charge in [0.05, 0.1) is 0 Å². The summed E-state index contributed by atoms with van der Waals surface area (Å²) in [7, 11) is 0. The fourth-order valence-electron chi connectivity index (χ4n) is 2.05. The molecule has 108 valence electrons. The van der Waals surface area contributed by atoms with Gasteiger partial charge in [-0.1, -0.05) is 19.9 Å². The summed E-state index contributed by atoms with van der Waals surface area (Å²) < 4.78 is 28.3. The van der Waals surface area contributed by atoms with Gasteiger partial charge in [0.25, 0.3) is 0 Å². The van der Waals surface area contributed by atoms with E-state index in [-0.39, 0.29) is 5.56 Å². The van der Waals surface area contributed by atoms with Crippen LogP contribution in [0.5, 0.6) is 0 Å². The molecule has 0 bridgehead atoms. The lowest BCUT2D eigenvalue weighted by molar-refractivity contribution is 0.457. The maximum absolute atomic E-state index is 13.7. The largest absolute Gasteiger partial charge is 0.323 e. The Morgan fingerprint density at radius 1 is 1.30 bits per heavy atom. The van der Waals surface area contributed by atoms with Gasteiger partial charge in [-0.3, -0.25) is 0 Å². The lowest BCUT2D eigenvalue weighted by atomic mass is 10.0. The van der Waals surface area contributed by atoms with Crippen LogP contribution in [0.15, 0.2) is 24.5 Å². The van der Waals surface area contributed by atoms with Crippen LogP contribution in [0, 0.1) is 17.6 Å². The van der Waals surface area contributed by atoms with Gasteiger partial charge in [0, 0.05) is 30.6 Å². The topological polar surface area (TPSA) is 56.7 Å². The summed E-state index contributed by atoms with van der Waals surface area (Å²) in [5, 5.41) is 4.14. The summed E-state index contributed by atoms with van der Waals surface area (Å²) in [5.41, 5.74) is 6.28. The van der Waals surface area contributed by atoms with Crippen LogP contribution in [-0.4, -0.2) is 14.8 Å². The molecular formula is C14H18F2N4. The zero-order chi connectivity index (χ0) is 14.7. The molecule has 0 aliphatic carbocycles. The van der Waals surface area contributed by atoms with Crippen molar-refractivity contribution in [3.05, 3.63) is 47.5 Å². The van der Waals surface area contributed by atoms with Crippen LogP contribution >= 0.6 is 0 Å². The number of hydrogen-bond acceptors (Lipinski definition) is 3. The predicted molar refractivity (Wildman–Crippen MR) is 71.9 cm³/mol. The second kappa shape index (κ2) is 6.09. The highest BCUT2D eigenvalue weighted by Crippen LogP contribution is 2.19. The standard InChI is InChI=1S/C14H18F2N4/c1-9(2)7-20-14(18-8-19-20)6-13(17)11-4-3-10(15)5-12(11)16/h3-5,8-9,13H,6-7,17H2,1-2H3. The third kappa shape index (κ3) is 3.39. The van der Waals surface area contributed by atoms with Gasteiger partial charge >= 0.3 is 0 Å². The molecule has 0 fully saturated rings. The van der Waals surface area contributed by atoms with Crippen molar-refractivity contribution in [1.29, 1.82) is 0 Å². The van der Waals surface area contributed by atoms with Gasteiger partial charge in [-0.2, -0.15) is 5.10 Å². The molecule has 2 rings (SSSR count). The van der Waals surface area contributed by atoms with Crippen molar-refractivity contribution in [3.63, 3.8) is 0 Å². The lowest BCUT2D eigenvalue weighted by Crippen LogP contribution is -2.19. The number of nitrogens with two attached hydrogens (primary N) is 1.